The quantitative estimate of drug-likeness (QED) is 0.778. The van der Waals surface area contributed by atoms with Gasteiger partial charge in [0.2, 0.25) is 15.9 Å². The number of hydrogen-bond donors (Lipinski definition) is 2. The van der Waals surface area contributed by atoms with Crippen LogP contribution >= 0.6 is 0 Å². The number of anilines is 1. The van der Waals surface area contributed by atoms with Crippen molar-refractivity contribution in [1.29, 1.82) is 0 Å². The Bertz CT molecular complexity index is 893. The Kier molecular flexibility index (Phi) is 6.39. The highest BCUT2D eigenvalue weighted by atomic mass is 32.2. The zero-order chi connectivity index (χ0) is 19.3. The Balaban J connectivity index is 2.01. The van der Waals surface area contributed by atoms with E-state index >= 15 is 0 Å². The predicted molar refractivity (Wildman–Crippen MR) is 104 cm³/mol. The Hall–Kier alpha value is -2.38. The number of carbonyl (C=O) groups excluding carboxylic acids is 1. The minimum atomic E-state index is -3.55. The molecule has 1 amide bonds. The fourth-order valence-electron chi connectivity index (χ4n) is 2.46. The van der Waals surface area contributed by atoms with E-state index in [4.69, 9.17) is 0 Å². The molecule has 0 radical (unpaired) electrons. The van der Waals surface area contributed by atoms with E-state index in [9.17, 15) is 13.2 Å². The van der Waals surface area contributed by atoms with Gasteiger partial charge in [0.05, 0.1) is 11.4 Å². The number of nitrogens with one attached hydrogen (secondary N) is 2. The number of aryl methyl sites for hydroxylation is 2. The highest BCUT2D eigenvalue weighted by molar-refractivity contribution is 7.89. The van der Waals surface area contributed by atoms with Gasteiger partial charge >= 0.3 is 0 Å². The average Bonchev–Trinajstić information content (AvgIpc) is 2.60. The first-order valence-electron chi connectivity index (χ1n) is 8.30. The summed E-state index contributed by atoms with van der Waals surface area (Å²) in [6, 6.07) is 12.7. The summed E-state index contributed by atoms with van der Waals surface area (Å²) in [6.45, 7) is 4.23. The molecule has 26 heavy (non-hydrogen) atoms. The van der Waals surface area contributed by atoms with Crippen molar-refractivity contribution in [1.82, 2.24) is 9.62 Å². The molecule has 0 bridgehead atoms. The Morgan fingerprint density at radius 1 is 1.08 bits per heavy atom. The number of rotatable bonds is 7. The van der Waals surface area contributed by atoms with Gasteiger partial charge in [-0.15, -0.1) is 0 Å². The number of carbonyl (C=O) groups is 1. The van der Waals surface area contributed by atoms with Crippen molar-refractivity contribution in [2.75, 3.05) is 26.0 Å². The highest BCUT2D eigenvalue weighted by Gasteiger charge is 2.20. The number of benzene rings is 2. The summed E-state index contributed by atoms with van der Waals surface area (Å²) in [5.74, 6) is -0.206. The molecule has 7 heteroatoms. The molecule has 0 unspecified atom stereocenters. The Morgan fingerprint density at radius 3 is 2.46 bits per heavy atom. The molecule has 0 aliphatic rings. The van der Waals surface area contributed by atoms with E-state index in [1.165, 1.54) is 14.1 Å². The third kappa shape index (κ3) is 4.83. The maximum atomic E-state index is 12.4. The van der Waals surface area contributed by atoms with E-state index < -0.39 is 10.0 Å². The van der Waals surface area contributed by atoms with Gasteiger partial charge in [0.15, 0.2) is 0 Å². The zero-order valence-electron chi connectivity index (χ0n) is 15.5. The van der Waals surface area contributed by atoms with E-state index in [0.29, 0.717) is 5.56 Å². The smallest absolute Gasteiger partial charge is 0.242 e. The second-order valence-corrected chi connectivity index (χ2v) is 8.46. The Labute approximate surface area is 155 Å². The van der Waals surface area contributed by atoms with Crippen LogP contribution in [0.1, 0.15) is 16.7 Å². The summed E-state index contributed by atoms with van der Waals surface area (Å²) >= 11 is 0. The number of amides is 1. The van der Waals surface area contributed by atoms with Crippen LogP contribution in [-0.2, 0) is 21.4 Å². The van der Waals surface area contributed by atoms with Crippen molar-refractivity contribution in [3.8, 4) is 0 Å². The molecule has 2 rings (SSSR count). The van der Waals surface area contributed by atoms with Crippen LogP contribution in [0.3, 0.4) is 0 Å². The maximum Gasteiger partial charge on any atom is 0.242 e. The molecule has 0 aliphatic carbocycles. The molecule has 6 nitrogen and oxygen atoms in total. The standard InChI is InChI=1S/C19H25N3O3S/c1-14-9-10-15(2)17(11-14)20-13-19(23)21-12-16-7-5-6-8-18(16)26(24,25)22(3)4/h5-11,20H,12-13H2,1-4H3,(H,21,23). The van der Waals surface area contributed by atoms with Gasteiger partial charge in [-0.25, -0.2) is 12.7 Å². The number of hydrogen-bond acceptors (Lipinski definition) is 4. The summed E-state index contributed by atoms with van der Waals surface area (Å²) in [5.41, 5.74) is 3.64. The fourth-order valence-corrected chi connectivity index (χ4v) is 3.57. The summed E-state index contributed by atoms with van der Waals surface area (Å²) < 4.78 is 25.9. The lowest BCUT2D eigenvalue weighted by Gasteiger charge is -2.16. The van der Waals surface area contributed by atoms with Crippen LogP contribution in [0.15, 0.2) is 47.4 Å². The van der Waals surface area contributed by atoms with Crippen molar-refractivity contribution >= 4 is 21.6 Å². The normalized spacial score (nSPS) is 11.4. The average molecular weight is 375 g/mol. The summed E-state index contributed by atoms with van der Waals surface area (Å²) in [5, 5.41) is 5.88. The van der Waals surface area contributed by atoms with Gasteiger partial charge in [0.25, 0.3) is 0 Å². The minimum absolute atomic E-state index is 0.118. The summed E-state index contributed by atoms with van der Waals surface area (Å²) in [6.07, 6.45) is 0. The van der Waals surface area contributed by atoms with Crippen LogP contribution in [0.4, 0.5) is 5.69 Å². The molecule has 2 aromatic rings. The highest BCUT2D eigenvalue weighted by Crippen LogP contribution is 2.18. The first-order chi connectivity index (χ1) is 12.2. The largest absolute Gasteiger partial charge is 0.376 e. The van der Waals surface area contributed by atoms with E-state index in [1.54, 1.807) is 24.3 Å². The van der Waals surface area contributed by atoms with E-state index in [2.05, 4.69) is 10.6 Å². The molecule has 0 aliphatic heterocycles. The second-order valence-electron chi connectivity index (χ2n) is 6.34. The lowest BCUT2D eigenvalue weighted by molar-refractivity contribution is -0.119. The van der Waals surface area contributed by atoms with Crippen LogP contribution in [0.2, 0.25) is 0 Å². The van der Waals surface area contributed by atoms with Gasteiger partial charge in [0, 0.05) is 26.3 Å². The number of sulfonamides is 1. The van der Waals surface area contributed by atoms with Crippen LogP contribution in [-0.4, -0.2) is 39.3 Å². The zero-order valence-corrected chi connectivity index (χ0v) is 16.4. The molecular weight excluding hydrogens is 350 g/mol. The molecule has 0 aromatic heterocycles. The van der Waals surface area contributed by atoms with E-state index in [-0.39, 0.29) is 23.9 Å². The molecule has 140 valence electrons. The van der Waals surface area contributed by atoms with Gasteiger partial charge in [0.1, 0.15) is 0 Å². The van der Waals surface area contributed by atoms with Gasteiger partial charge in [-0.05, 0) is 42.7 Å². The monoisotopic (exact) mass is 375 g/mol. The molecular formula is C19H25N3O3S. The topological polar surface area (TPSA) is 78.5 Å². The van der Waals surface area contributed by atoms with Crippen molar-refractivity contribution in [2.45, 2.75) is 25.3 Å². The van der Waals surface area contributed by atoms with Crippen LogP contribution in [0.5, 0.6) is 0 Å². The lowest BCUT2D eigenvalue weighted by atomic mass is 10.1. The lowest BCUT2D eigenvalue weighted by Crippen LogP contribution is -2.31. The summed E-state index contributed by atoms with van der Waals surface area (Å²) in [7, 11) is -0.585. The molecule has 0 spiro atoms. The molecule has 0 saturated carbocycles. The molecule has 0 atom stereocenters. The van der Waals surface area contributed by atoms with E-state index in [1.807, 2.05) is 32.0 Å². The Morgan fingerprint density at radius 2 is 1.77 bits per heavy atom. The molecule has 0 saturated heterocycles. The van der Waals surface area contributed by atoms with Crippen LogP contribution in [0.25, 0.3) is 0 Å². The first kappa shape index (κ1) is 19.9. The fraction of sp³-hybridized carbons (Fsp3) is 0.316. The molecule has 2 aromatic carbocycles. The van der Waals surface area contributed by atoms with Crippen molar-refractivity contribution in [2.24, 2.45) is 0 Å². The first-order valence-corrected chi connectivity index (χ1v) is 9.74. The second kappa shape index (κ2) is 8.33. The molecule has 2 N–H and O–H groups in total. The minimum Gasteiger partial charge on any atom is -0.376 e. The predicted octanol–water partition coefficient (Wildman–Crippen LogP) is 2.28. The third-order valence-electron chi connectivity index (χ3n) is 4.04. The van der Waals surface area contributed by atoms with Crippen molar-refractivity contribution in [3.63, 3.8) is 0 Å². The van der Waals surface area contributed by atoms with Gasteiger partial charge < -0.3 is 10.6 Å². The van der Waals surface area contributed by atoms with Crippen molar-refractivity contribution in [3.05, 3.63) is 59.2 Å². The van der Waals surface area contributed by atoms with Crippen LogP contribution in [0, 0.1) is 13.8 Å². The van der Waals surface area contributed by atoms with E-state index in [0.717, 1.165) is 21.1 Å². The number of nitrogens with zero attached hydrogens (tertiary/aromatic N) is 1. The summed E-state index contributed by atoms with van der Waals surface area (Å²) in [4.78, 5) is 12.3. The maximum absolute atomic E-state index is 12.4. The molecule has 0 fully saturated rings. The molecule has 0 heterocycles. The van der Waals surface area contributed by atoms with Crippen molar-refractivity contribution < 1.29 is 13.2 Å². The third-order valence-corrected chi connectivity index (χ3v) is 5.96. The van der Waals surface area contributed by atoms with Gasteiger partial charge in [-0.1, -0.05) is 30.3 Å². The van der Waals surface area contributed by atoms with Crippen LogP contribution < -0.4 is 10.6 Å². The van der Waals surface area contributed by atoms with Gasteiger partial charge in [-0.2, -0.15) is 0 Å². The SMILES string of the molecule is Cc1ccc(C)c(NCC(=O)NCc2ccccc2S(=O)(=O)N(C)C)c1. The van der Waals surface area contributed by atoms with Gasteiger partial charge in [-0.3, -0.25) is 4.79 Å².